The second-order valence-corrected chi connectivity index (χ2v) is 3.33. The third-order valence-electron chi connectivity index (χ3n) is 2.47. The van der Waals surface area contributed by atoms with E-state index in [0.29, 0.717) is 13.0 Å². The number of nitroso groups, excluding NO2 is 1. The Morgan fingerprint density at radius 2 is 2.50 bits per heavy atom. The van der Waals surface area contributed by atoms with Crippen LogP contribution in [-0.2, 0) is 0 Å². The lowest BCUT2D eigenvalue weighted by atomic mass is 10.1. The van der Waals surface area contributed by atoms with Gasteiger partial charge in [-0.3, -0.25) is 9.99 Å². The number of aliphatic hydroxyl groups excluding tert-OH is 1. The number of hydrogen-bond acceptors (Lipinski definition) is 4. The number of hydrogen-bond donors (Lipinski definition) is 1. The summed E-state index contributed by atoms with van der Waals surface area (Å²) in [6.45, 7) is 0.504. The maximum Gasteiger partial charge on any atom is 0.103 e. The molecule has 1 aromatic heterocycles. The predicted molar refractivity (Wildman–Crippen MR) is 50.1 cm³/mol. The van der Waals surface area contributed by atoms with E-state index >= 15 is 0 Å². The molecule has 0 bridgehead atoms. The van der Waals surface area contributed by atoms with Crippen molar-refractivity contribution >= 4 is 0 Å². The van der Waals surface area contributed by atoms with Gasteiger partial charge in [0.05, 0.1) is 11.4 Å². The fourth-order valence-corrected chi connectivity index (χ4v) is 1.80. The molecule has 1 N–H and O–H groups in total. The summed E-state index contributed by atoms with van der Waals surface area (Å²) in [6.07, 6.45) is 3.35. The Hall–Kier alpha value is -1.49. The molecule has 5 heteroatoms. The van der Waals surface area contributed by atoms with Crippen LogP contribution in [0.2, 0.25) is 0 Å². The van der Waals surface area contributed by atoms with Crippen molar-refractivity contribution in [2.24, 2.45) is 5.29 Å². The summed E-state index contributed by atoms with van der Waals surface area (Å²) in [4.78, 5) is 14.4. The normalized spacial score (nSPS) is 26.5. The molecule has 0 saturated carbocycles. The molecule has 0 unspecified atom stereocenters. The van der Waals surface area contributed by atoms with Gasteiger partial charge in [0.25, 0.3) is 0 Å². The zero-order chi connectivity index (χ0) is 9.97. The highest BCUT2D eigenvalue weighted by molar-refractivity contribution is 5.17. The van der Waals surface area contributed by atoms with Gasteiger partial charge in [0, 0.05) is 18.9 Å². The van der Waals surface area contributed by atoms with Crippen molar-refractivity contribution < 1.29 is 5.11 Å². The molecule has 2 rings (SSSR count). The fraction of sp³-hybridized carbons (Fsp3) is 0.444. The van der Waals surface area contributed by atoms with E-state index in [1.165, 1.54) is 5.01 Å². The molecule has 0 amide bonds. The quantitative estimate of drug-likeness (QED) is 0.708. The van der Waals surface area contributed by atoms with Crippen molar-refractivity contribution in [1.82, 2.24) is 9.99 Å². The first-order chi connectivity index (χ1) is 6.83. The molecule has 5 nitrogen and oxygen atoms in total. The summed E-state index contributed by atoms with van der Waals surface area (Å²) in [5, 5.41) is 13.9. The average molecular weight is 193 g/mol. The van der Waals surface area contributed by atoms with Crippen LogP contribution in [0.15, 0.2) is 29.8 Å². The summed E-state index contributed by atoms with van der Waals surface area (Å²) in [5.74, 6) is 0. The first-order valence-electron chi connectivity index (χ1n) is 4.51. The number of pyridine rings is 1. The van der Waals surface area contributed by atoms with Crippen molar-refractivity contribution in [3.63, 3.8) is 0 Å². The van der Waals surface area contributed by atoms with Gasteiger partial charge in [0.2, 0.25) is 0 Å². The molecule has 1 aromatic rings. The largest absolute Gasteiger partial charge is 0.390 e. The number of aromatic nitrogens is 1. The van der Waals surface area contributed by atoms with Gasteiger partial charge in [-0.15, -0.1) is 4.91 Å². The second kappa shape index (κ2) is 3.71. The molecule has 1 aliphatic rings. The standard InChI is InChI=1S/C9H11N3O2/c13-8-3-5-12(11-14)9(8)7-2-1-4-10-6-7/h1-2,4,6,8-9,13H,3,5H2/t8-,9+/m1/s1. The van der Waals surface area contributed by atoms with Gasteiger partial charge < -0.3 is 5.11 Å². The molecule has 74 valence electrons. The Balaban J connectivity index is 2.27. The highest BCUT2D eigenvalue weighted by Crippen LogP contribution is 2.31. The summed E-state index contributed by atoms with van der Waals surface area (Å²) in [7, 11) is 0. The molecule has 0 radical (unpaired) electrons. The minimum absolute atomic E-state index is 0.332. The van der Waals surface area contributed by atoms with Gasteiger partial charge in [0.1, 0.15) is 6.04 Å². The summed E-state index contributed by atoms with van der Waals surface area (Å²) < 4.78 is 0. The number of nitrogens with zero attached hydrogens (tertiary/aromatic N) is 3. The van der Waals surface area contributed by atoms with Crippen LogP contribution in [0.3, 0.4) is 0 Å². The topological polar surface area (TPSA) is 65.8 Å². The first-order valence-corrected chi connectivity index (χ1v) is 4.51. The third kappa shape index (κ3) is 1.46. The van der Waals surface area contributed by atoms with Crippen LogP contribution in [0.25, 0.3) is 0 Å². The second-order valence-electron chi connectivity index (χ2n) is 3.33. The van der Waals surface area contributed by atoms with Crippen LogP contribution in [0, 0.1) is 4.91 Å². The Labute approximate surface area is 81.3 Å². The van der Waals surface area contributed by atoms with Gasteiger partial charge in [-0.05, 0) is 18.1 Å². The third-order valence-corrected chi connectivity index (χ3v) is 2.47. The van der Waals surface area contributed by atoms with Crippen molar-refractivity contribution in [3.05, 3.63) is 35.0 Å². The van der Waals surface area contributed by atoms with Gasteiger partial charge in [-0.25, -0.2) is 0 Å². The molecule has 1 fully saturated rings. The van der Waals surface area contributed by atoms with Gasteiger partial charge >= 0.3 is 0 Å². The zero-order valence-electron chi connectivity index (χ0n) is 7.58. The molecule has 0 aromatic carbocycles. The van der Waals surface area contributed by atoms with Crippen LogP contribution < -0.4 is 0 Å². The van der Waals surface area contributed by atoms with Crippen LogP contribution >= 0.6 is 0 Å². The molecule has 2 heterocycles. The minimum Gasteiger partial charge on any atom is -0.390 e. The molecule has 1 saturated heterocycles. The smallest absolute Gasteiger partial charge is 0.103 e. The fourth-order valence-electron chi connectivity index (χ4n) is 1.80. The maximum atomic E-state index is 10.5. The molecular formula is C9H11N3O2. The first kappa shape index (κ1) is 9.08. The SMILES string of the molecule is O=NN1CC[C@@H](O)[C@@H]1c1cccnc1. The maximum absolute atomic E-state index is 10.5. The molecule has 14 heavy (non-hydrogen) atoms. The summed E-state index contributed by atoms with van der Waals surface area (Å²) >= 11 is 0. The van der Waals surface area contributed by atoms with Crippen LogP contribution in [0.4, 0.5) is 0 Å². The zero-order valence-corrected chi connectivity index (χ0v) is 7.58. The number of rotatable bonds is 2. The molecule has 0 aliphatic carbocycles. The monoisotopic (exact) mass is 193 g/mol. The minimum atomic E-state index is -0.531. The summed E-state index contributed by atoms with van der Waals surface area (Å²) in [6, 6.07) is 3.29. The van der Waals surface area contributed by atoms with Crippen LogP contribution in [0.5, 0.6) is 0 Å². The summed E-state index contributed by atoms with van der Waals surface area (Å²) in [5.41, 5.74) is 0.831. The van der Waals surface area contributed by atoms with E-state index < -0.39 is 6.10 Å². The lowest BCUT2D eigenvalue weighted by Gasteiger charge is -2.20. The van der Waals surface area contributed by atoms with Crippen molar-refractivity contribution in [2.75, 3.05) is 6.54 Å². The Kier molecular flexibility index (Phi) is 2.41. The van der Waals surface area contributed by atoms with E-state index in [2.05, 4.69) is 10.3 Å². The Bertz CT molecular complexity index is 317. The van der Waals surface area contributed by atoms with Crippen LogP contribution in [0.1, 0.15) is 18.0 Å². The van der Waals surface area contributed by atoms with E-state index in [0.717, 1.165) is 5.56 Å². The average Bonchev–Trinajstić information content (AvgIpc) is 2.61. The van der Waals surface area contributed by atoms with E-state index in [-0.39, 0.29) is 6.04 Å². The molecule has 1 aliphatic heterocycles. The van der Waals surface area contributed by atoms with Crippen molar-refractivity contribution in [2.45, 2.75) is 18.6 Å². The van der Waals surface area contributed by atoms with E-state index in [4.69, 9.17) is 0 Å². The van der Waals surface area contributed by atoms with Gasteiger partial charge in [0.15, 0.2) is 0 Å². The van der Waals surface area contributed by atoms with Gasteiger partial charge in [-0.1, -0.05) is 6.07 Å². The van der Waals surface area contributed by atoms with E-state index in [1.54, 1.807) is 18.5 Å². The van der Waals surface area contributed by atoms with Crippen LogP contribution in [-0.4, -0.2) is 27.7 Å². The predicted octanol–water partition coefficient (Wildman–Crippen LogP) is 0.871. The molecule has 2 atom stereocenters. The van der Waals surface area contributed by atoms with E-state index in [9.17, 15) is 10.0 Å². The lowest BCUT2D eigenvalue weighted by Crippen LogP contribution is -2.22. The highest BCUT2D eigenvalue weighted by atomic mass is 16.3. The molecular weight excluding hydrogens is 182 g/mol. The van der Waals surface area contributed by atoms with Gasteiger partial charge in [-0.2, -0.15) is 0 Å². The lowest BCUT2D eigenvalue weighted by molar-refractivity contribution is 0.117. The van der Waals surface area contributed by atoms with E-state index in [1.807, 2.05) is 6.07 Å². The number of aliphatic hydroxyl groups is 1. The highest BCUT2D eigenvalue weighted by Gasteiger charge is 2.34. The Morgan fingerprint density at radius 3 is 3.14 bits per heavy atom. The van der Waals surface area contributed by atoms with Crippen molar-refractivity contribution in [1.29, 1.82) is 0 Å². The molecule has 0 spiro atoms. The van der Waals surface area contributed by atoms with Crippen molar-refractivity contribution in [3.8, 4) is 0 Å². The Morgan fingerprint density at radius 1 is 1.64 bits per heavy atom.